The summed E-state index contributed by atoms with van der Waals surface area (Å²) < 4.78 is 0. The molecule has 406 valence electrons. The SMILES string of the molecule is CCCCCCCCCC(=O)N1C[C@@H](O)C[C@H]1C(=O)N1C[C@@H](O)C[C@H]1C(=O)N[C@H](C(=O)NC(C)(C)C(=O)N[C@@H](CCC(N)=O)C(=O)NC(C)(C)C(=O)N[C@@H](CC(C)C)C(=O)NC(CN)CC(C)C)C(C)C. The van der Waals surface area contributed by atoms with Gasteiger partial charge in [0.2, 0.25) is 53.2 Å². The van der Waals surface area contributed by atoms with E-state index in [9.17, 15) is 53.4 Å². The van der Waals surface area contributed by atoms with Crippen molar-refractivity contribution in [1.29, 1.82) is 0 Å². The minimum atomic E-state index is -1.75. The van der Waals surface area contributed by atoms with Gasteiger partial charge in [0, 0.05) is 51.4 Å². The number of hydrogen-bond donors (Lipinski definition) is 10. The van der Waals surface area contributed by atoms with Crippen molar-refractivity contribution in [3.8, 4) is 0 Å². The second-order valence-corrected chi connectivity index (χ2v) is 21.9. The molecule has 2 fully saturated rings. The summed E-state index contributed by atoms with van der Waals surface area (Å²) in [6, 6.07) is -6.21. The summed E-state index contributed by atoms with van der Waals surface area (Å²) in [7, 11) is 0. The minimum Gasteiger partial charge on any atom is -0.391 e. The Morgan fingerprint density at radius 3 is 1.65 bits per heavy atom. The second-order valence-electron chi connectivity index (χ2n) is 21.9. The zero-order valence-electron chi connectivity index (χ0n) is 44.5. The lowest BCUT2D eigenvalue weighted by Crippen LogP contribution is -2.65. The van der Waals surface area contributed by atoms with Crippen LogP contribution in [0.2, 0.25) is 0 Å². The van der Waals surface area contributed by atoms with Crippen molar-refractivity contribution in [2.45, 2.75) is 226 Å². The first-order valence-corrected chi connectivity index (χ1v) is 25.9. The van der Waals surface area contributed by atoms with Crippen LogP contribution in [-0.2, 0) is 43.2 Å². The first-order valence-electron chi connectivity index (χ1n) is 25.9. The third kappa shape index (κ3) is 20.3. The van der Waals surface area contributed by atoms with E-state index < -0.39 is 107 Å². The van der Waals surface area contributed by atoms with Crippen molar-refractivity contribution < 1.29 is 53.4 Å². The van der Waals surface area contributed by atoms with Crippen LogP contribution in [0.25, 0.3) is 0 Å². The second kappa shape index (κ2) is 29.0. The fourth-order valence-electron chi connectivity index (χ4n) is 8.90. The van der Waals surface area contributed by atoms with E-state index in [2.05, 4.69) is 38.8 Å². The van der Waals surface area contributed by atoms with Crippen LogP contribution in [0, 0.1) is 17.8 Å². The number of aliphatic hydroxyl groups is 2. The molecular weight excluding hydrogens is 917 g/mol. The number of primary amides is 1. The summed E-state index contributed by atoms with van der Waals surface area (Å²) in [5.41, 5.74) is 7.93. The largest absolute Gasteiger partial charge is 0.391 e. The molecule has 9 amide bonds. The van der Waals surface area contributed by atoms with Crippen molar-refractivity contribution in [2.24, 2.45) is 29.2 Å². The van der Waals surface area contributed by atoms with E-state index in [1.807, 2.05) is 27.7 Å². The average molecular weight is 1010 g/mol. The molecule has 1 unspecified atom stereocenters. The molecule has 2 heterocycles. The first-order chi connectivity index (χ1) is 33.0. The molecule has 0 aromatic heterocycles. The molecule has 0 aromatic carbocycles. The molecule has 21 heteroatoms. The van der Waals surface area contributed by atoms with Crippen molar-refractivity contribution in [3.63, 3.8) is 0 Å². The van der Waals surface area contributed by atoms with Gasteiger partial charge >= 0.3 is 0 Å². The Hall–Kier alpha value is -4.89. The minimum absolute atomic E-state index is 0.00430. The lowest BCUT2D eigenvalue weighted by atomic mass is 9.97. The highest BCUT2D eigenvalue weighted by Gasteiger charge is 2.47. The number of rotatable bonds is 30. The normalized spacial score (nSPS) is 20.0. The summed E-state index contributed by atoms with van der Waals surface area (Å²) in [5.74, 6) is -6.31. The quantitative estimate of drug-likeness (QED) is 0.0446. The standard InChI is InChI=1S/C50H90N10O11/c1-12-13-14-15-16-17-18-19-40(64)59-27-34(62)25-38(59)46(69)60-28-33(61)24-37(60)44(67)56-41(31(6)7)45(68)58-50(10,11)47(70)54-35(20-21-39(52)63)43(66)57-49(8,9)48(71)55-36(23-30(4)5)42(65)53-32(26-51)22-29(2)3/h29-38,41,61-62H,12-28,51H2,1-11H3,(H2,52,63)(H,53,65)(H,54,70)(H,55,71)(H,56,67)(H,57,66)(H,58,68)/t32?,33-,34-,35-,36-,37-,38-,41-/m0/s1. The Labute approximate surface area is 421 Å². The summed E-state index contributed by atoms with van der Waals surface area (Å²) in [6.45, 7) is 18.8. The Balaban J connectivity index is 2.20. The van der Waals surface area contributed by atoms with Crippen LogP contribution in [0.4, 0.5) is 0 Å². The molecule has 0 aliphatic carbocycles. The zero-order valence-corrected chi connectivity index (χ0v) is 44.5. The number of amides is 9. The monoisotopic (exact) mass is 1010 g/mol. The van der Waals surface area contributed by atoms with Crippen LogP contribution in [0.15, 0.2) is 0 Å². The molecule has 0 spiro atoms. The highest BCUT2D eigenvalue weighted by atomic mass is 16.3. The predicted molar refractivity (Wildman–Crippen MR) is 268 cm³/mol. The van der Waals surface area contributed by atoms with E-state index in [1.165, 1.54) is 37.5 Å². The third-order valence-corrected chi connectivity index (χ3v) is 13.0. The molecule has 8 atom stereocenters. The number of hydrogen-bond acceptors (Lipinski definition) is 12. The smallest absolute Gasteiger partial charge is 0.246 e. The molecule has 2 saturated heterocycles. The fourth-order valence-corrected chi connectivity index (χ4v) is 8.90. The average Bonchev–Trinajstić information content (AvgIpc) is 3.86. The molecule has 71 heavy (non-hydrogen) atoms. The van der Waals surface area contributed by atoms with E-state index in [1.54, 1.807) is 13.8 Å². The van der Waals surface area contributed by atoms with Gasteiger partial charge < -0.3 is 63.4 Å². The number of aliphatic hydroxyl groups excluding tert-OH is 2. The molecule has 0 radical (unpaired) electrons. The van der Waals surface area contributed by atoms with Gasteiger partial charge in [0.05, 0.1) is 12.2 Å². The number of nitrogens with two attached hydrogens (primary N) is 2. The highest BCUT2D eigenvalue weighted by Crippen LogP contribution is 2.27. The Morgan fingerprint density at radius 1 is 0.620 bits per heavy atom. The molecule has 2 aliphatic rings. The summed E-state index contributed by atoms with van der Waals surface area (Å²) >= 11 is 0. The maximum absolute atomic E-state index is 14.1. The van der Waals surface area contributed by atoms with Gasteiger partial charge in [-0.25, -0.2) is 0 Å². The number of nitrogens with zero attached hydrogens (tertiary/aromatic N) is 2. The Bertz CT molecular complexity index is 1830. The Morgan fingerprint density at radius 2 is 1.13 bits per heavy atom. The van der Waals surface area contributed by atoms with Crippen LogP contribution in [0.3, 0.4) is 0 Å². The summed E-state index contributed by atoms with van der Waals surface area (Å²) in [4.78, 5) is 125. The van der Waals surface area contributed by atoms with Gasteiger partial charge in [0.1, 0.15) is 41.3 Å². The summed E-state index contributed by atoms with van der Waals surface area (Å²) in [6.07, 6.45) is 5.36. The number of nitrogens with one attached hydrogen (secondary N) is 6. The predicted octanol–water partition coefficient (Wildman–Crippen LogP) is 0.752. The van der Waals surface area contributed by atoms with Gasteiger partial charge in [-0.3, -0.25) is 43.2 Å². The first kappa shape index (κ1) is 62.2. The molecule has 2 aliphatic heterocycles. The zero-order chi connectivity index (χ0) is 54.0. The maximum Gasteiger partial charge on any atom is 0.246 e. The van der Waals surface area contributed by atoms with E-state index in [0.29, 0.717) is 12.8 Å². The lowest BCUT2D eigenvalue weighted by Gasteiger charge is -2.34. The van der Waals surface area contributed by atoms with E-state index in [-0.39, 0.29) is 81.9 Å². The molecule has 0 aromatic rings. The van der Waals surface area contributed by atoms with Gasteiger partial charge in [-0.2, -0.15) is 0 Å². The lowest BCUT2D eigenvalue weighted by molar-refractivity contribution is -0.147. The third-order valence-electron chi connectivity index (χ3n) is 13.0. The maximum atomic E-state index is 14.1. The fraction of sp³-hybridized carbons (Fsp3) is 0.820. The highest BCUT2D eigenvalue weighted by molar-refractivity contribution is 5.99. The molecule has 2 rings (SSSR count). The molecule has 0 saturated carbocycles. The number of likely N-dealkylation sites (tertiary alicyclic amines) is 2. The number of unbranched alkanes of at least 4 members (excludes halogenated alkanes) is 6. The van der Waals surface area contributed by atoms with Crippen molar-refractivity contribution >= 4 is 53.2 Å². The van der Waals surface area contributed by atoms with Gasteiger partial charge in [-0.05, 0) is 71.1 Å². The van der Waals surface area contributed by atoms with Crippen molar-refractivity contribution in [1.82, 2.24) is 41.7 Å². The van der Waals surface area contributed by atoms with Crippen LogP contribution in [0.5, 0.6) is 0 Å². The van der Waals surface area contributed by atoms with Gasteiger partial charge in [-0.15, -0.1) is 0 Å². The molecule has 12 N–H and O–H groups in total. The van der Waals surface area contributed by atoms with Crippen LogP contribution in [-0.4, -0.2) is 152 Å². The van der Waals surface area contributed by atoms with Gasteiger partial charge in [0.15, 0.2) is 0 Å². The van der Waals surface area contributed by atoms with E-state index >= 15 is 0 Å². The summed E-state index contributed by atoms with van der Waals surface area (Å²) in [5, 5.41) is 37.4. The molecular formula is C50H90N10O11. The molecule has 0 bridgehead atoms. The van der Waals surface area contributed by atoms with Crippen molar-refractivity contribution in [3.05, 3.63) is 0 Å². The van der Waals surface area contributed by atoms with Crippen molar-refractivity contribution in [2.75, 3.05) is 19.6 Å². The van der Waals surface area contributed by atoms with Crippen LogP contribution in [0.1, 0.15) is 166 Å². The molecule has 21 nitrogen and oxygen atoms in total. The van der Waals surface area contributed by atoms with E-state index in [0.717, 1.165) is 38.5 Å². The van der Waals surface area contributed by atoms with Crippen LogP contribution < -0.4 is 43.4 Å². The topological polar surface area (TPSA) is 325 Å². The van der Waals surface area contributed by atoms with Crippen LogP contribution >= 0.6 is 0 Å². The number of carbonyl (C=O) groups excluding carboxylic acids is 9. The van der Waals surface area contributed by atoms with Gasteiger partial charge in [-0.1, -0.05) is 87.0 Å². The van der Waals surface area contributed by atoms with E-state index in [4.69, 9.17) is 11.5 Å². The number of carbonyl (C=O) groups is 9. The Kier molecular flexibility index (Phi) is 25.4. The van der Waals surface area contributed by atoms with Gasteiger partial charge in [0.25, 0.3) is 0 Å². The number of β-amino-alcohol motifs (C(OH)–C–C–N with tert-alkyl or cyclic N) is 2.